The Hall–Kier alpha value is -1.36. The van der Waals surface area contributed by atoms with Crippen LogP contribution in [-0.4, -0.2) is 41.8 Å². The van der Waals surface area contributed by atoms with E-state index in [0.29, 0.717) is 11.8 Å². The van der Waals surface area contributed by atoms with Crippen LogP contribution in [-0.2, 0) is 0 Å². The summed E-state index contributed by atoms with van der Waals surface area (Å²) in [6.45, 7) is 8.59. The summed E-state index contributed by atoms with van der Waals surface area (Å²) in [7, 11) is 1.90. The number of nitrogens with zero attached hydrogens (tertiary/aromatic N) is 3. The zero-order valence-corrected chi connectivity index (χ0v) is 13.0. The Labute approximate surface area is 121 Å². The van der Waals surface area contributed by atoms with E-state index in [9.17, 15) is 0 Å². The molecule has 1 unspecified atom stereocenters. The zero-order valence-electron chi connectivity index (χ0n) is 13.0. The predicted octanol–water partition coefficient (Wildman–Crippen LogP) is 2.16. The monoisotopic (exact) mass is 278 g/mol. The van der Waals surface area contributed by atoms with Gasteiger partial charge < -0.3 is 15.3 Å². The van der Waals surface area contributed by atoms with Crippen molar-refractivity contribution in [3.8, 4) is 0 Å². The van der Waals surface area contributed by atoms with Gasteiger partial charge >= 0.3 is 0 Å². The first kappa shape index (κ1) is 15.0. The third-order valence-corrected chi connectivity index (χ3v) is 4.01. The molecule has 1 aliphatic heterocycles. The average Bonchev–Trinajstić information content (AvgIpc) is 2.87. The van der Waals surface area contributed by atoms with E-state index < -0.39 is 0 Å². The second-order valence-corrected chi connectivity index (χ2v) is 5.90. The lowest BCUT2D eigenvalue weighted by atomic mass is 10.1. The van der Waals surface area contributed by atoms with E-state index in [0.717, 1.165) is 49.0 Å². The number of aliphatic hydroxyl groups excluding tert-OH is 1. The molecule has 0 radical (unpaired) electrons. The smallest absolute Gasteiger partial charge is 0.137 e. The molecule has 1 saturated heterocycles. The van der Waals surface area contributed by atoms with Crippen LogP contribution in [0.5, 0.6) is 0 Å². The molecule has 2 heterocycles. The summed E-state index contributed by atoms with van der Waals surface area (Å²) >= 11 is 0. The van der Waals surface area contributed by atoms with Crippen LogP contribution >= 0.6 is 0 Å². The fraction of sp³-hybridized carbons (Fsp3) is 0.733. The zero-order chi connectivity index (χ0) is 14.7. The lowest BCUT2D eigenvalue weighted by Gasteiger charge is -2.22. The first-order valence-corrected chi connectivity index (χ1v) is 7.48. The van der Waals surface area contributed by atoms with Crippen molar-refractivity contribution < 1.29 is 5.11 Å². The van der Waals surface area contributed by atoms with Gasteiger partial charge in [0, 0.05) is 38.2 Å². The third-order valence-electron chi connectivity index (χ3n) is 4.01. The SMILES string of the molecule is CNc1nc(C(C)C)nc(N2CCC(CCO)C2)c1C. The highest BCUT2D eigenvalue weighted by atomic mass is 16.3. The van der Waals surface area contributed by atoms with Crippen LogP contribution < -0.4 is 10.2 Å². The summed E-state index contributed by atoms with van der Waals surface area (Å²) in [5.74, 6) is 3.76. The predicted molar refractivity (Wildman–Crippen MR) is 82.4 cm³/mol. The Kier molecular flexibility index (Phi) is 4.81. The number of aromatic nitrogens is 2. The molecule has 0 amide bonds. The first-order valence-electron chi connectivity index (χ1n) is 7.48. The Morgan fingerprint density at radius 1 is 1.40 bits per heavy atom. The molecule has 0 aliphatic carbocycles. The van der Waals surface area contributed by atoms with Crippen LogP contribution in [0.3, 0.4) is 0 Å². The van der Waals surface area contributed by atoms with Crippen LogP contribution in [0.15, 0.2) is 0 Å². The van der Waals surface area contributed by atoms with Crippen LogP contribution in [0.2, 0.25) is 0 Å². The van der Waals surface area contributed by atoms with E-state index in [-0.39, 0.29) is 6.61 Å². The maximum absolute atomic E-state index is 9.08. The first-order chi connectivity index (χ1) is 9.56. The Morgan fingerprint density at radius 3 is 2.75 bits per heavy atom. The quantitative estimate of drug-likeness (QED) is 0.864. The second kappa shape index (κ2) is 6.39. The molecular weight excluding hydrogens is 252 g/mol. The van der Waals surface area contributed by atoms with Crippen molar-refractivity contribution in [2.75, 3.05) is 37.0 Å². The van der Waals surface area contributed by atoms with Gasteiger partial charge in [0.2, 0.25) is 0 Å². The minimum absolute atomic E-state index is 0.278. The fourth-order valence-corrected chi connectivity index (χ4v) is 2.77. The molecule has 112 valence electrons. The van der Waals surface area contributed by atoms with Gasteiger partial charge in [0.1, 0.15) is 17.5 Å². The van der Waals surface area contributed by atoms with Crippen LogP contribution in [0.25, 0.3) is 0 Å². The molecule has 5 heteroatoms. The van der Waals surface area contributed by atoms with Crippen molar-refractivity contribution in [3.63, 3.8) is 0 Å². The fourth-order valence-electron chi connectivity index (χ4n) is 2.77. The minimum atomic E-state index is 0.278. The van der Waals surface area contributed by atoms with Gasteiger partial charge in [-0.1, -0.05) is 13.8 Å². The van der Waals surface area contributed by atoms with E-state index in [2.05, 4.69) is 36.0 Å². The number of nitrogens with one attached hydrogen (secondary N) is 1. The van der Waals surface area contributed by atoms with Gasteiger partial charge in [-0.25, -0.2) is 9.97 Å². The summed E-state index contributed by atoms with van der Waals surface area (Å²) < 4.78 is 0. The molecule has 1 aromatic heterocycles. The third kappa shape index (κ3) is 3.03. The molecule has 1 aliphatic rings. The normalized spacial score (nSPS) is 18.9. The molecule has 1 atom stereocenters. The number of rotatable bonds is 5. The molecule has 5 nitrogen and oxygen atoms in total. The molecule has 0 aromatic carbocycles. The summed E-state index contributed by atoms with van der Waals surface area (Å²) in [6, 6.07) is 0. The highest BCUT2D eigenvalue weighted by Gasteiger charge is 2.26. The average molecular weight is 278 g/mol. The summed E-state index contributed by atoms with van der Waals surface area (Å²) in [5.41, 5.74) is 1.11. The summed E-state index contributed by atoms with van der Waals surface area (Å²) in [5, 5.41) is 12.3. The number of anilines is 2. The lowest BCUT2D eigenvalue weighted by Crippen LogP contribution is -2.23. The highest BCUT2D eigenvalue weighted by Crippen LogP contribution is 2.30. The molecule has 2 rings (SSSR count). The summed E-state index contributed by atoms with van der Waals surface area (Å²) in [6.07, 6.45) is 2.02. The van der Waals surface area contributed by atoms with E-state index >= 15 is 0 Å². The van der Waals surface area contributed by atoms with Crippen molar-refractivity contribution >= 4 is 11.6 Å². The maximum atomic E-state index is 9.08. The van der Waals surface area contributed by atoms with E-state index in [4.69, 9.17) is 10.1 Å². The standard InChI is InChI=1S/C15H26N4O/c1-10(2)13-17-14(16-4)11(3)15(18-13)19-7-5-12(9-19)6-8-20/h10,12,20H,5-9H2,1-4H3,(H,16,17,18). The number of hydrogen-bond acceptors (Lipinski definition) is 5. The highest BCUT2D eigenvalue weighted by molar-refractivity contribution is 5.59. The molecule has 2 N–H and O–H groups in total. The molecular formula is C15H26N4O. The van der Waals surface area contributed by atoms with Crippen molar-refractivity contribution in [1.29, 1.82) is 0 Å². The van der Waals surface area contributed by atoms with Gasteiger partial charge in [0.25, 0.3) is 0 Å². The van der Waals surface area contributed by atoms with Gasteiger partial charge in [0.05, 0.1) is 0 Å². The lowest BCUT2D eigenvalue weighted by molar-refractivity contribution is 0.263. The molecule has 20 heavy (non-hydrogen) atoms. The van der Waals surface area contributed by atoms with Crippen LogP contribution in [0.4, 0.5) is 11.6 Å². The van der Waals surface area contributed by atoms with Crippen molar-refractivity contribution in [2.45, 2.75) is 39.5 Å². The van der Waals surface area contributed by atoms with Crippen molar-refractivity contribution in [3.05, 3.63) is 11.4 Å². The minimum Gasteiger partial charge on any atom is -0.396 e. The van der Waals surface area contributed by atoms with Gasteiger partial charge in [-0.05, 0) is 25.7 Å². The largest absolute Gasteiger partial charge is 0.396 e. The Morgan fingerprint density at radius 2 is 2.15 bits per heavy atom. The van der Waals surface area contributed by atoms with Gasteiger partial charge in [-0.2, -0.15) is 0 Å². The van der Waals surface area contributed by atoms with E-state index in [1.807, 2.05) is 7.05 Å². The topological polar surface area (TPSA) is 61.3 Å². The molecule has 1 fully saturated rings. The van der Waals surface area contributed by atoms with Gasteiger partial charge in [-0.3, -0.25) is 0 Å². The Bertz CT molecular complexity index is 461. The molecule has 0 bridgehead atoms. The van der Waals surface area contributed by atoms with E-state index in [1.54, 1.807) is 0 Å². The molecule has 0 spiro atoms. The van der Waals surface area contributed by atoms with Crippen molar-refractivity contribution in [1.82, 2.24) is 9.97 Å². The number of hydrogen-bond donors (Lipinski definition) is 2. The van der Waals surface area contributed by atoms with Crippen LogP contribution in [0.1, 0.15) is 44.0 Å². The second-order valence-electron chi connectivity index (χ2n) is 5.90. The maximum Gasteiger partial charge on any atom is 0.137 e. The van der Waals surface area contributed by atoms with Crippen LogP contribution in [0, 0.1) is 12.8 Å². The summed E-state index contributed by atoms with van der Waals surface area (Å²) in [4.78, 5) is 11.7. The van der Waals surface area contributed by atoms with Gasteiger partial charge in [-0.15, -0.1) is 0 Å². The Balaban J connectivity index is 2.29. The number of aliphatic hydroxyl groups is 1. The molecule has 0 saturated carbocycles. The van der Waals surface area contributed by atoms with Gasteiger partial charge in [0.15, 0.2) is 0 Å². The van der Waals surface area contributed by atoms with E-state index in [1.165, 1.54) is 0 Å². The van der Waals surface area contributed by atoms with Crippen molar-refractivity contribution in [2.24, 2.45) is 5.92 Å². The molecule has 1 aromatic rings.